The summed E-state index contributed by atoms with van der Waals surface area (Å²) in [4.78, 5) is 28.2. The van der Waals surface area contributed by atoms with Gasteiger partial charge in [0.1, 0.15) is 5.82 Å². The fourth-order valence-corrected chi connectivity index (χ4v) is 5.43. The third kappa shape index (κ3) is 4.15. The Kier molecular flexibility index (Phi) is 5.71. The Morgan fingerprint density at radius 2 is 1.76 bits per heavy atom. The summed E-state index contributed by atoms with van der Waals surface area (Å²) in [6, 6.07) is 24.1. The normalized spacial score (nSPS) is 22.8. The molecule has 1 spiro atoms. The zero-order valence-electron chi connectivity index (χ0n) is 18.5. The van der Waals surface area contributed by atoms with E-state index in [1.54, 1.807) is 6.07 Å². The highest BCUT2D eigenvalue weighted by molar-refractivity contribution is 6.01. The monoisotopic (exact) mass is 442 g/mol. The van der Waals surface area contributed by atoms with E-state index < -0.39 is 5.54 Å². The third-order valence-electron chi connectivity index (χ3n) is 6.99. The Hall–Kier alpha value is -3.47. The van der Waals surface area contributed by atoms with Gasteiger partial charge in [-0.25, -0.2) is 4.39 Å². The number of rotatable bonds is 3. The molecule has 3 aromatic rings. The van der Waals surface area contributed by atoms with Crippen molar-refractivity contribution in [2.24, 2.45) is 0 Å². The summed E-state index contributed by atoms with van der Waals surface area (Å²) in [5.41, 5.74) is 2.75. The lowest BCUT2D eigenvalue weighted by atomic mass is 9.79. The Bertz CT molecular complexity index is 1180. The Morgan fingerprint density at radius 3 is 2.58 bits per heavy atom. The summed E-state index contributed by atoms with van der Waals surface area (Å²) >= 11 is 0. The molecule has 168 valence electrons. The van der Waals surface area contributed by atoms with Crippen LogP contribution in [0.15, 0.2) is 78.9 Å². The summed E-state index contributed by atoms with van der Waals surface area (Å²) in [6.07, 6.45) is 2.98. The van der Waals surface area contributed by atoms with Crippen molar-refractivity contribution >= 4 is 11.8 Å². The van der Waals surface area contributed by atoms with E-state index in [-0.39, 0.29) is 23.5 Å². The van der Waals surface area contributed by atoms with Crippen molar-refractivity contribution in [2.75, 3.05) is 13.1 Å². The van der Waals surface area contributed by atoms with Crippen LogP contribution in [0.25, 0.3) is 11.1 Å². The number of carbonyl (C=O) groups excluding carboxylic acids is 2. The van der Waals surface area contributed by atoms with Gasteiger partial charge in [0.25, 0.3) is 5.91 Å². The van der Waals surface area contributed by atoms with Gasteiger partial charge in [0.15, 0.2) is 0 Å². The molecule has 4 nitrogen and oxygen atoms in total. The highest BCUT2D eigenvalue weighted by Gasteiger charge is 2.50. The van der Waals surface area contributed by atoms with E-state index in [2.05, 4.69) is 5.32 Å². The standard InChI is InChI=1S/C28H27FN2O2/c29-22-12-8-11-21(17-22)25-18-31(19-28(25)16-7-6-15-26(32)30-28)27(33)24-14-5-4-13-23(24)20-9-2-1-3-10-20/h1-5,8-14,17,25H,6-7,15-16,18-19H2,(H,30,32)/t25-,28+/m0/s1. The lowest BCUT2D eigenvalue weighted by Crippen LogP contribution is -2.52. The predicted molar refractivity (Wildman–Crippen MR) is 126 cm³/mol. The maximum absolute atomic E-state index is 14.1. The Balaban J connectivity index is 1.53. The molecule has 2 fully saturated rings. The fraction of sp³-hybridized carbons (Fsp3) is 0.286. The van der Waals surface area contributed by atoms with Crippen molar-refractivity contribution in [3.63, 3.8) is 0 Å². The zero-order valence-corrected chi connectivity index (χ0v) is 18.5. The molecular formula is C28H27FN2O2. The second-order valence-electron chi connectivity index (χ2n) is 9.12. The van der Waals surface area contributed by atoms with Gasteiger partial charge >= 0.3 is 0 Å². The van der Waals surface area contributed by atoms with Gasteiger partial charge in [0.05, 0.1) is 5.54 Å². The quantitative estimate of drug-likeness (QED) is 0.609. The topological polar surface area (TPSA) is 49.4 Å². The summed E-state index contributed by atoms with van der Waals surface area (Å²) in [5.74, 6) is -0.524. The summed E-state index contributed by atoms with van der Waals surface area (Å²) in [5, 5.41) is 3.25. The van der Waals surface area contributed by atoms with E-state index in [1.165, 1.54) is 12.1 Å². The van der Waals surface area contributed by atoms with E-state index in [1.807, 2.05) is 65.6 Å². The van der Waals surface area contributed by atoms with E-state index in [0.29, 0.717) is 25.1 Å². The van der Waals surface area contributed by atoms with Crippen molar-refractivity contribution in [3.05, 3.63) is 95.8 Å². The molecule has 33 heavy (non-hydrogen) atoms. The lowest BCUT2D eigenvalue weighted by Gasteiger charge is -2.34. The van der Waals surface area contributed by atoms with Gasteiger partial charge in [-0.3, -0.25) is 9.59 Å². The van der Waals surface area contributed by atoms with Crippen molar-refractivity contribution in [3.8, 4) is 11.1 Å². The first kappa shape index (κ1) is 21.4. The molecule has 0 saturated carbocycles. The van der Waals surface area contributed by atoms with Gasteiger partial charge < -0.3 is 10.2 Å². The number of hydrogen-bond donors (Lipinski definition) is 1. The number of nitrogens with one attached hydrogen (secondary N) is 1. The first-order chi connectivity index (χ1) is 16.1. The SMILES string of the molecule is O=C1CCCC[C@]2(CN(C(=O)c3ccccc3-c3ccccc3)C[C@H]2c2cccc(F)c2)N1. The highest BCUT2D eigenvalue weighted by Crippen LogP contribution is 2.42. The van der Waals surface area contributed by atoms with E-state index in [9.17, 15) is 14.0 Å². The van der Waals surface area contributed by atoms with Crippen LogP contribution in [-0.4, -0.2) is 35.3 Å². The van der Waals surface area contributed by atoms with Gasteiger partial charge in [-0.05, 0) is 47.7 Å². The molecule has 0 bridgehead atoms. The Morgan fingerprint density at radius 1 is 0.970 bits per heavy atom. The lowest BCUT2D eigenvalue weighted by molar-refractivity contribution is -0.122. The molecule has 1 N–H and O–H groups in total. The van der Waals surface area contributed by atoms with Crippen LogP contribution >= 0.6 is 0 Å². The molecule has 2 atom stereocenters. The van der Waals surface area contributed by atoms with Gasteiger partial charge in [0.2, 0.25) is 5.91 Å². The minimum atomic E-state index is -0.585. The maximum Gasteiger partial charge on any atom is 0.254 e. The molecule has 2 heterocycles. The minimum Gasteiger partial charge on any atom is -0.348 e. The molecule has 0 unspecified atom stereocenters. The van der Waals surface area contributed by atoms with E-state index in [4.69, 9.17) is 0 Å². The summed E-state index contributed by atoms with van der Waals surface area (Å²) in [6.45, 7) is 0.855. The molecule has 2 amide bonds. The molecule has 2 saturated heterocycles. The van der Waals surface area contributed by atoms with Gasteiger partial charge in [-0.2, -0.15) is 0 Å². The van der Waals surface area contributed by atoms with Crippen molar-refractivity contribution in [1.82, 2.24) is 10.2 Å². The van der Waals surface area contributed by atoms with Gasteiger partial charge in [-0.1, -0.05) is 67.1 Å². The summed E-state index contributed by atoms with van der Waals surface area (Å²) in [7, 11) is 0. The summed E-state index contributed by atoms with van der Waals surface area (Å²) < 4.78 is 14.1. The first-order valence-electron chi connectivity index (χ1n) is 11.6. The van der Waals surface area contributed by atoms with Crippen molar-refractivity contribution in [1.29, 1.82) is 0 Å². The van der Waals surface area contributed by atoms with Crippen LogP contribution in [0.5, 0.6) is 0 Å². The van der Waals surface area contributed by atoms with Gasteiger partial charge in [-0.15, -0.1) is 0 Å². The van der Waals surface area contributed by atoms with E-state index >= 15 is 0 Å². The predicted octanol–water partition coefficient (Wildman–Crippen LogP) is 5.16. The molecule has 5 rings (SSSR count). The largest absolute Gasteiger partial charge is 0.348 e. The zero-order chi connectivity index (χ0) is 22.8. The molecular weight excluding hydrogens is 415 g/mol. The molecule has 2 aliphatic rings. The number of hydrogen-bond acceptors (Lipinski definition) is 2. The van der Waals surface area contributed by atoms with Crippen LogP contribution in [0.3, 0.4) is 0 Å². The molecule has 5 heteroatoms. The number of benzene rings is 3. The van der Waals surface area contributed by atoms with Crippen LogP contribution in [0.4, 0.5) is 4.39 Å². The maximum atomic E-state index is 14.1. The molecule has 0 aromatic heterocycles. The smallest absolute Gasteiger partial charge is 0.254 e. The van der Waals surface area contributed by atoms with E-state index in [0.717, 1.165) is 36.0 Å². The van der Waals surface area contributed by atoms with Crippen LogP contribution < -0.4 is 5.32 Å². The number of carbonyl (C=O) groups is 2. The highest BCUT2D eigenvalue weighted by atomic mass is 19.1. The van der Waals surface area contributed by atoms with Gasteiger partial charge in [0, 0.05) is 31.0 Å². The second-order valence-corrected chi connectivity index (χ2v) is 9.12. The van der Waals surface area contributed by atoms with Crippen LogP contribution in [0, 0.1) is 5.82 Å². The van der Waals surface area contributed by atoms with Crippen LogP contribution in [0.1, 0.15) is 47.5 Å². The minimum absolute atomic E-state index is 0.00730. The first-order valence-corrected chi connectivity index (χ1v) is 11.6. The average molecular weight is 443 g/mol. The van der Waals surface area contributed by atoms with Crippen LogP contribution in [0.2, 0.25) is 0 Å². The third-order valence-corrected chi connectivity index (χ3v) is 6.99. The van der Waals surface area contributed by atoms with Crippen molar-refractivity contribution in [2.45, 2.75) is 37.1 Å². The number of nitrogens with zero attached hydrogens (tertiary/aromatic N) is 1. The number of halogens is 1. The average Bonchev–Trinajstić information content (AvgIpc) is 3.10. The molecule has 0 radical (unpaired) electrons. The second kappa shape index (κ2) is 8.81. The Labute approximate surface area is 193 Å². The van der Waals surface area contributed by atoms with Crippen LogP contribution in [-0.2, 0) is 4.79 Å². The van der Waals surface area contributed by atoms with Crippen molar-refractivity contribution < 1.29 is 14.0 Å². The fourth-order valence-electron chi connectivity index (χ4n) is 5.43. The number of amides is 2. The molecule has 0 aliphatic carbocycles. The molecule has 2 aliphatic heterocycles. The number of likely N-dealkylation sites (tertiary alicyclic amines) is 1. The molecule has 3 aromatic carbocycles.